The Morgan fingerprint density at radius 3 is 2.22 bits per heavy atom. The van der Waals surface area contributed by atoms with Gasteiger partial charge < -0.3 is 0 Å². The largest absolute Gasteiger partial charge is 0.266 e. The molecule has 0 spiro atoms. The number of nitrogens with zero attached hydrogens (tertiary/aromatic N) is 3. The van der Waals surface area contributed by atoms with Crippen LogP contribution in [-0.4, -0.2) is 15.0 Å². The van der Waals surface area contributed by atoms with Crippen LogP contribution in [0.1, 0.15) is 31.4 Å². The highest BCUT2D eigenvalue weighted by molar-refractivity contribution is 5.55. The van der Waals surface area contributed by atoms with Crippen molar-refractivity contribution >= 4 is 0 Å². The average molecular weight is 251 g/mol. The zero-order chi connectivity index (χ0) is 13.5. The minimum atomic E-state index is -2.58. The summed E-state index contributed by atoms with van der Waals surface area (Å²) in [4.78, 5) is 11.8. The molecule has 96 valence electrons. The summed E-state index contributed by atoms with van der Waals surface area (Å²) in [7, 11) is 0. The highest BCUT2D eigenvalue weighted by Gasteiger charge is 2.17. The fraction of sp³-hybridized carbons (Fsp3) is 0.308. The Balaban J connectivity index is 0.000000771. The average Bonchev–Trinajstić information content (AvgIpc) is 2.42. The van der Waals surface area contributed by atoms with E-state index in [1.807, 2.05) is 13.8 Å². The Morgan fingerprint density at radius 2 is 1.67 bits per heavy atom. The Morgan fingerprint density at radius 1 is 1.06 bits per heavy atom. The summed E-state index contributed by atoms with van der Waals surface area (Å²) in [6.07, 6.45) is 1.95. The van der Waals surface area contributed by atoms with E-state index in [0.717, 1.165) is 0 Å². The normalized spacial score (nSPS) is 9.89. The van der Waals surface area contributed by atoms with Crippen LogP contribution in [0.3, 0.4) is 0 Å². The summed E-state index contributed by atoms with van der Waals surface area (Å²) < 4.78 is 25.6. The molecule has 0 aliphatic rings. The van der Waals surface area contributed by atoms with Gasteiger partial charge in [0.15, 0.2) is 5.82 Å². The Hall–Kier alpha value is -1.91. The predicted octanol–water partition coefficient (Wildman–Crippen LogP) is 3.81. The lowest BCUT2D eigenvalue weighted by atomic mass is 10.1. The van der Waals surface area contributed by atoms with Gasteiger partial charge in [-0.1, -0.05) is 13.8 Å². The summed E-state index contributed by atoms with van der Waals surface area (Å²) in [6.45, 7) is 5.72. The number of aryl methyl sites for hydroxylation is 1. The van der Waals surface area contributed by atoms with Crippen molar-refractivity contribution in [3.8, 4) is 11.5 Å². The molecule has 0 aliphatic heterocycles. The number of hydrogen-bond acceptors (Lipinski definition) is 3. The van der Waals surface area contributed by atoms with Crippen LogP contribution >= 0.6 is 0 Å². The number of halogens is 2. The van der Waals surface area contributed by atoms with Crippen molar-refractivity contribution in [2.75, 3.05) is 0 Å². The van der Waals surface area contributed by atoms with Gasteiger partial charge in [-0.2, -0.15) is 0 Å². The van der Waals surface area contributed by atoms with Gasteiger partial charge in [0.25, 0.3) is 6.43 Å². The van der Waals surface area contributed by atoms with Crippen molar-refractivity contribution in [2.45, 2.75) is 27.2 Å². The zero-order valence-electron chi connectivity index (χ0n) is 10.6. The molecule has 18 heavy (non-hydrogen) atoms. The van der Waals surface area contributed by atoms with Gasteiger partial charge >= 0.3 is 0 Å². The van der Waals surface area contributed by atoms with Gasteiger partial charge in [0.1, 0.15) is 5.69 Å². The molecule has 0 aromatic carbocycles. The maximum atomic E-state index is 12.8. The first-order valence-corrected chi connectivity index (χ1v) is 5.70. The van der Waals surface area contributed by atoms with E-state index in [2.05, 4.69) is 15.0 Å². The lowest BCUT2D eigenvalue weighted by molar-refractivity contribution is 0.151. The quantitative estimate of drug-likeness (QED) is 0.814. The molecule has 0 radical (unpaired) electrons. The standard InChI is InChI=1S/C11H9F2N3.C2H6/c1-7-5-8(10(12)13)9(16-6-7)11-14-3-2-4-15-11;1-2/h2-6,10H,1H3;1-2H3. The van der Waals surface area contributed by atoms with Crippen molar-refractivity contribution in [3.63, 3.8) is 0 Å². The molecular formula is C13H15F2N3. The molecule has 0 fully saturated rings. The molecule has 0 atom stereocenters. The molecule has 0 amide bonds. The lowest BCUT2D eigenvalue weighted by Gasteiger charge is -2.07. The van der Waals surface area contributed by atoms with E-state index < -0.39 is 6.43 Å². The fourth-order valence-corrected chi connectivity index (χ4v) is 1.37. The highest BCUT2D eigenvalue weighted by Crippen LogP contribution is 2.27. The van der Waals surface area contributed by atoms with Crippen LogP contribution in [-0.2, 0) is 0 Å². The molecule has 0 unspecified atom stereocenters. The fourth-order valence-electron chi connectivity index (χ4n) is 1.37. The number of pyridine rings is 1. The van der Waals surface area contributed by atoms with Gasteiger partial charge in [-0.05, 0) is 24.6 Å². The Kier molecular flexibility index (Phi) is 5.30. The molecular weight excluding hydrogens is 236 g/mol. The second-order valence-electron chi connectivity index (χ2n) is 3.32. The van der Waals surface area contributed by atoms with Gasteiger partial charge in [0.2, 0.25) is 0 Å². The summed E-state index contributed by atoms with van der Waals surface area (Å²) in [5.74, 6) is 0.220. The third-order valence-electron chi connectivity index (χ3n) is 2.07. The zero-order valence-corrected chi connectivity index (χ0v) is 10.6. The summed E-state index contributed by atoms with van der Waals surface area (Å²) in [5.41, 5.74) is 0.697. The van der Waals surface area contributed by atoms with Gasteiger partial charge in [-0.3, -0.25) is 4.98 Å². The maximum Gasteiger partial charge on any atom is 0.266 e. The highest BCUT2D eigenvalue weighted by atomic mass is 19.3. The summed E-state index contributed by atoms with van der Waals surface area (Å²) >= 11 is 0. The number of alkyl halides is 2. The third kappa shape index (κ3) is 3.29. The van der Waals surface area contributed by atoms with E-state index in [0.29, 0.717) is 5.56 Å². The van der Waals surface area contributed by atoms with E-state index in [-0.39, 0.29) is 17.1 Å². The van der Waals surface area contributed by atoms with Crippen molar-refractivity contribution < 1.29 is 8.78 Å². The summed E-state index contributed by atoms with van der Waals surface area (Å²) in [6, 6.07) is 3.03. The van der Waals surface area contributed by atoms with Crippen molar-refractivity contribution in [1.29, 1.82) is 0 Å². The molecule has 0 aliphatic carbocycles. The monoisotopic (exact) mass is 251 g/mol. The number of hydrogen-bond donors (Lipinski definition) is 0. The number of rotatable bonds is 2. The second-order valence-corrected chi connectivity index (χ2v) is 3.32. The first kappa shape index (κ1) is 14.2. The van der Waals surface area contributed by atoms with Crippen LogP contribution in [0.25, 0.3) is 11.5 Å². The molecule has 0 bridgehead atoms. The van der Waals surface area contributed by atoms with Crippen LogP contribution in [0, 0.1) is 6.92 Å². The maximum absolute atomic E-state index is 12.8. The van der Waals surface area contributed by atoms with E-state index in [9.17, 15) is 8.78 Å². The molecule has 2 aromatic rings. The smallest absolute Gasteiger partial charge is 0.252 e. The van der Waals surface area contributed by atoms with Gasteiger partial charge in [-0.25, -0.2) is 18.7 Å². The summed E-state index contributed by atoms with van der Waals surface area (Å²) in [5, 5.41) is 0. The SMILES string of the molecule is CC.Cc1cnc(-c2ncccn2)c(C(F)F)c1. The first-order chi connectivity index (χ1) is 8.68. The van der Waals surface area contributed by atoms with Crippen molar-refractivity contribution in [3.05, 3.63) is 41.9 Å². The second kappa shape index (κ2) is 6.74. The molecule has 0 saturated heterocycles. The molecule has 0 N–H and O–H groups in total. The van der Waals surface area contributed by atoms with Crippen LogP contribution in [0.4, 0.5) is 8.78 Å². The Bertz CT molecular complexity index is 487. The van der Waals surface area contributed by atoms with Gasteiger partial charge in [-0.15, -0.1) is 0 Å². The minimum Gasteiger partial charge on any atom is -0.252 e. The van der Waals surface area contributed by atoms with E-state index in [1.54, 1.807) is 13.0 Å². The van der Waals surface area contributed by atoms with Gasteiger partial charge in [0, 0.05) is 24.2 Å². The molecule has 0 saturated carbocycles. The predicted molar refractivity (Wildman–Crippen MR) is 66.3 cm³/mol. The van der Waals surface area contributed by atoms with Crippen molar-refractivity contribution in [2.24, 2.45) is 0 Å². The molecule has 3 nitrogen and oxygen atoms in total. The third-order valence-corrected chi connectivity index (χ3v) is 2.07. The van der Waals surface area contributed by atoms with Crippen molar-refractivity contribution in [1.82, 2.24) is 15.0 Å². The molecule has 2 rings (SSSR count). The first-order valence-electron chi connectivity index (χ1n) is 5.70. The van der Waals surface area contributed by atoms with Crippen LogP contribution < -0.4 is 0 Å². The minimum absolute atomic E-state index is 0.133. The van der Waals surface area contributed by atoms with Crippen LogP contribution in [0.5, 0.6) is 0 Å². The van der Waals surface area contributed by atoms with E-state index in [4.69, 9.17) is 0 Å². The Labute approximate surface area is 105 Å². The van der Waals surface area contributed by atoms with E-state index >= 15 is 0 Å². The van der Waals surface area contributed by atoms with Crippen LogP contribution in [0.2, 0.25) is 0 Å². The molecule has 5 heteroatoms. The topological polar surface area (TPSA) is 38.7 Å². The lowest BCUT2D eigenvalue weighted by Crippen LogP contribution is -1.98. The van der Waals surface area contributed by atoms with Crippen LogP contribution in [0.15, 0.2) is 30.7 Å². The number of aromatic nitrogens is 3. The van der Waals surface area contributed by atoms with E-state index in [1.165, 1.54) is 24.7 Å². The molecule has 2 aromatic heterocycles. The molecule has 2 heterocycles. The van der Waals surface area contributed by atoms with Gasteiger partial charge in [0.05, 0.1) is 0 Å².